The van der Waals surface area contributed by atoms with Crippen molar-refractivity contribution in [3.05, 3.63) is 99.9 Å². The molecule has 0 saturated heterocycles. The van der Waals surface area contributed by atoms with E-state index in [0.717, 1.165) is 4.47 Å². The fourth-order valence-electron chi connectivity index (χ4n) is 3.35. The zero-order chi connectivity index (χ0) is 20.9. The molecule has 5 nitrogen and oxygen atoms in total. The lowest BCUT2D eigenvalue weighted by molar-refractivity contribution is -0.136. The van der Waals surface area contributed by atoms with Crippen LogP contribution in [0, 0.1) is 4.91 Å². The summed E-state index contributed by atoms with van der Waals surface area (Å²) < 4.78 is 15.2. The molecule has 0 bridgehead atoms. The number of carbonyl (C=O) groups is 1. The Bertz CT molecular complexity index is 982. The van der Waals surface area contributed by atoms with E-state index in [1.807, 2.05) is 0 Å². The Morgan fingerprint density at radius 2 is 1.38 bits per heavy atom. The normalized spacial score (nSPS) is 13.4. The highest BCUT2D eigenvalue weighted by atomic mass is 79.9. The standard InChI is InChI=1S/C22H19BrNO4P/c23-17-13-11-16(12-14-17)20(24-27)15-21(22(25)26)29(28,18-7-3-1-4-8-18)19-9-5-2-6-10-19/h1-14,20-21H,15H2,(H,25,26). The molecule has 0 heterocycles. The average molecular weight is 472 g/mol. The number of nitroso groups, excluding NO2 is 1. The summed E-state index contributed by atoms with van der Waals surface area (Å²) in [4.78, 5) is 23.9. The van der Waals surface area contributed by atoms with Gasteiger partial charge in [0.1, 0.15) is 11.7 Å². The molecule has 0 saturated carbocycles. The Labute approximate surface area is 177 Å². The van der Waals surface area contributed by atoms with E-state index >= 15 is 0 Å². The van der Waals surface area contributed by atoms with Crippen LogP contribution in [-0.4, -0.2) is 16.7 Å². The van der Waals surface area contributed by atoms with Gasteiger partial charge in [-0.2, -0.15) is 4.91 Å². The molecular formula is C22H19BrNO4P. The summed E-state index contributed by atoms with van der Waals surface area (Å²) in [6, 6.07) is 23.2. The van der Waals surface area contributed by atoms with Crippen molar-refractivity contribution in [2.75, 3.05) is 0 Å². The number of nitrogens with zero attached hydrogens (tertiary/aromatic N) is 1. The minimum atomic E-state index is -3.60. The highest BCUT2D eigenvalue weighted by Gasteiger charge is 2.43. The predicted molar refractivity (Wildman–Crippen MR) is 118 cm³/mol. The van der Waals surface area contributed by atoms with E-state index in [1.54, 1.807) is 84.9 Å². The number of halogens is 1. The molecule has 3 aromatic rings. The molecule has 2 atom stereocenters. The molecule has 148 valence electrons. The molecule has 3 aromatic carbocycles. The Kier molecular flexibility index (Phi) is 6.78. The van der Waals surface area contributed by atoms with Crippen molar-refractivity contribution in [3.63, 3.8) is 0 Å². The summed E-state index contributed by atoms with van der Waals surface area (Å²) in [5.74, 6) is -1.22. The van der Waals surface area contributed by atoms with Gasteiger partial charge in [0.15, 0.2) is 7.14 Å². The van der Waals surface area contributed by atoms with Crippen LogP contribution < -0.4 is 10.6 Å². The van der Waals surface area contributed by atoms with Crippen molar-refractivity contribution >= 4 is 39.7 Å². The maximum absolute atomic E-state index is 14.4. The van der Waals surface area contributed by atoms with Gasteiger partial charge in [0, 0.05) is 15.1 Å². The second kappa shape index (κ2) is 9.29. The topological polar surface area (TPSA) is 83.8 Å². The Morgan fingerprint density at radius 3 is 1.79 bits per heavy atom. The zero-order valence-corrected chi connectivity index (χ0v) is 17.9. The van der Waals surface area contributed by atoms with E-state index in [4.69, 9.17) is 0 Å². The third-order valence-corrected chi connectivity index (χ3v) is 8.80. The van der Waals surface area contributed by atoms with Crippen LogP contribution in [-0.2, 0) is 9.36 Å². The summed E-state index contributed by atoms with van der Waals surface area (Å²) in [7, 11) is -3.60. The number of hydrogen-bond acceptors (Lipinski definition) is 4. The van der Waals surface area contributed by atoms with Crippen LogP contribution in [0.4, 0.5) is 0 Å². The fraction of sp³-hybridized carbons (Fsp3) is 0.136. The van der Waals surface area contributed by atoms with E-state index in [2.05, 4.69) is 21.1 Å². The van der Waals surface area contributed by atoms with Gasteiger partial charge < -0.3 is 9.67 Å². The van der Waals surface area contributed by atoms with E-state index in [1.165, 1.54) is 0 Å². The van der Waals surface area contributed by atoms with Gasteiger partial charge in [0.25, 0.3) is 0 Å². The van der Waals surface area contributed by atoms with Crippen LogP contribution in [0.5, 0.6) is 0 Å². The monoisotopic (exact) mass is 471 g/mol. The Balaban J connectivity index is 2.10. The first kappa shape index (κ1) is 21.2. The molecular weight excluding hydrogens is 453 g/mol. The summed E-state index contributed by atoms with van der Waals surface area (Å²) in [6.45, 7) is 0. The van der Waals surface area contributed by atoms with Crippen LogP contribution in [0.15, 0.2) is 94.6 Å². The molecule has 7 heteroatoms. The molecule has 29 heavy (non-hydrogen) atoms. The molecule has 0 fully saturated rings. The largest absolute Gasteiger partial charge is 0.481 e. The highest BCUT2D eigenvalue weighted by molar-refractivity contribution is 9.10. The fourth-order valence-corrected chi connectivity index (χ4v) is 6.67. The van der Waals surface area contributed by atoms with Gasteiger partial charge in [0.05, 0.1) is 0 Å². The summed E-state index contributed by atoms with van der Waals surface area (Å²) in [5.41, 5.74) is -0.708. The predicted octanol–water partition coefficient (Wildman–Crippen LogP) is 5.11. The van der Waals surface area contributed by atoms with Crippen LogP contribution >= 0.6 is 23.1 Å². The van der Waals surface area contributed by atoms with Crippen molar-refractivity contribution < 1.29 is 14.5 Å². The van der Waals surface area contributed by atoms with Crippen molar-refractivity contribution in [1.82, 2.24) is 0 Å². The number of rotatable bonds is 8. The summed E-state index contributed by atoms with van der Waals surface area (Å²) in [6.07, 6.45) is -0.165. The van der Waals surface area contributed by atoms with Gasteiger partial charge in [-0.15, -0.1) is 0 Å². The minimum absolute atomic E-state index is 0.165. The quantitative estimate of drug-likeness (QED) is 0.365. The molecule has 0 aliphatic carbocycles. The van der Waals surface area contributed by atoms with Crippen molar-refractivity contribution in [2.45, 2.75) is 18.1 Å². The highest BCUT2D eigenvalue weighted by Crippen LogP contribution is 2.52. The molecule has 0 radical (unpaired) electrons. The van der Waals surface area contributed by atoms with E-state index < -0.39 is 24.8 Å². The Morgan fingerprint density at radius 1 is 0.897 bits per heavy atom. The van der Waals surface area contributed by atoms with Gasteiger partial charge in [-0.25, -0.2) is 0 Å². The third-order valence-electron chi connectivity index (χ3n) is 4.83. The number of carboxylic acid groups (broad SMARTS) is 1. The summed E-state index contributed by atoms with van der Waals surface area (Å²) in [5, 5.41) is 14.1. The molecule has 0 aliphatic heterocycles. The number of carboxylic acids is 1. The van der Waals surface area contributed by atoms with Crippen molar-refractivity contribution in [1.29, 1.82) is 0 Å². The van der Waals surface area contributed by atoms with Crippen LogP contribution in [0.3, 0.4) is 0 Å². The second-order valence-corrected chi connectivity index (χ2v) is 10.5. The van der Waals surface area contributed by atoms with Gasteiger partial charge >= 0.3 is 5.97 Å². The smallest absolute Gasteiger partial charge is 0.314 e. The molecule has 0 spiro atoms. The van der Waals surface area contributed by atoms with Crippen molar-refractivity contribution in [3.8, 4) is 0 Å². The van der Waals surface area contributed by atoms with Gasteiger partial charge in [-0.05, 0) is 24.1 Å². The molecule has 2 unspecified atom stereocenters. The third kappa shape index (κ3) is 4.55. The van der Waals surface area contributed by atoms with Crippen molar-refractivity contribution in [2.24, 2.45) is 5.18 Å². The first-order valence-corrected chi connectivity index (χ1v) is 11.6. The van der Waals surface area contributed by atoms with E-state index in [0.29, 0.717) is 16.2 Å². The number of hydrogen-bond donors (Lipinski definition) is 1. The molecule has 0 amide bonds. The zero-order valence-electron chi connectivity index (χ0n) is 15.4. The van der Waals surface area contributed by atoms with Gasteiger partial charge in [-0.3, -0.25) is 4.79 Å². The minimum Gasteiger partial charge on any atom is -0.481 e. The first-order chi connectivity index (χ1) is 14.0. The van der Waals surface area contributed by atoms with E-state index in [9.17, 15) is 19.4 Å². The van der Waals surface area contributed by atoms with Crippen LogP contribution in [0.1, 0.15) is 18.0 Å². The van der Waals surface area contributed by atoms with Crippen LogP contribution in [0.2, 0.25) is 0 Å². The van der Waals surface area contributed by atoms with Crippen LogP contribution in [0.25, 0.3) is 0 Å². The maximum atomic E-state index is 14.4. The lowest BCUT2D eigenvalue weighted by atomic mass is 10.0. The van der Waals surface area contributed by atoms with Gasteiger partial charge in [0.2, 0.25) is 0 Å². The average Bonchev–Trinajstić information content (AvgIpc) is 2.76. The molecule has 0 aliphatic rings. The molecule has 3 rings (SSSR count). The van der Waals surface area contributed by atoms with E-state index in [-0.39, 0.29) is 6.42 Å². The molecule has 1 N–H and O–H groups in total. The molecule has 0 aromatic heterocycles. The maximum Gasteiger partial charge on any atom is 0.314 e. The number of benzene rings is 3. The lowest BCUT2D eigenvalue weighted by Crippen LogP contribution is -2.32. The lowest BCUT2D eigenvalue weighted by Gasteiger charge is -2.27. The summed E-state index contributed by atoms with van der Waals surface area (Å²) >= 11 is 3.34. The SMILES string of the molecule is O=NC(CC(C(=O)O)P(=O)(c1ccccc1)c1ccccc1)c1ccc(Br)cc1. The number of aliphatic carboxylic acids is 1. The Hall–Kier alpha value is -2.56. The second-order valence-electron chi connectivity index (χ2n) is 6.59. The first-order valence-electron chi connectivity index (χ1n) is 8.98. The van der Waals surface area contributed by atoms with Gasteiger partial charge in [-0.1, -0.05) is 93.9 Å².